The van der Waals surface area contributed by atoms with E-state index in [9.17, 15) is 17.2 Å². The van der Waals surface area contributed by atoms with Gasteiger partial charge in [-0.3, -0.25) is 0 Å². The van der Waals surface area contributed by atoms with Crippen LogP contribution < -0.4 is 5.32 Å². The van der Waals surface area contributed by atoms with Crippen molar-refractivity contribution in [3.8, 4) is 0 Å². The lowest BCUT2D eigenvalue weighted by Crippen LogP contribution is -2.37. The lowest BCUT2D eigenvalue weighted by Gasteiger charge is -2.28. The fraction of sp³-hybridized carbons (Fsp3) is 0.538. The van der Waals surface area contributed by atoms with Crippen LogP contribution in [-0.4, -0.2) is 26.8 Å². The van der Waals surface area contributed by atoms with Crippen LogP contribution in [0.5, 0.6) is 0 Å². The second-order valence-electron chi connectivity index (χ2n) is 4.89. The molecule has 6 heteroatoms. The zero-order valence-corrected chi connectivity index (χ0v) is 11.5. The second kappa shape index (κ2) is 5.54. The third-order valence-electron chi connectivity index (χ3n) is 3.67. The molecule has 0 spiro atoms. The van der Waals surface area contributed by atoms with E-state index in [-0.39, 0.29) is 6.04 Å². The first-order valence-corrected chi connectivity index (χ1v) is 7.86. The third-order valence-corrected chi connectivity index (χ3v) is 5.90. The summed E-state index contributed by atoms with van der Waals surface area (Å²) in [6.45, 7) is 0. The number of benzene rings is 1. The van der Waals surface area contributed by atoms with Gasteiger partial charge in [-0.15, -0.1) is 0 Å². The molecule has 2 rings (SSSR count). The van der Waals surface area contributed by atoms with Crippen LogP contribution in [0.15, 0.2) is 23.1 Å². The first-order chi connectivity index (χ1) is 8.95. The lowest BCUT2D eigenvalue weighted by molar-refractivity contribution is 0.390. The first-order valence-electron chi connectivity index (χ1n) is 6.31. The first kappa shape index (κ1) is 14.4. The maximum Gasteiger partial charge on any atom is 0.184 e. The summed E-state index contributed by atoms with van der Waals surface area (Å²) in [4.78, 5) is -0.519. The fourth-order valence-corrected chi connectivity index (χ4v) is 4.50. The van der Waals surface area contributed by atoms with Gasteiger partial charge in [0.15, 0.2) is 9.84 Å². The van der Waals surface area contributed by atoms with E-state index in [2.05, 4.69) is 5.32 Å². The summed E-state index contributed by atoms with van der Waals surface area (Å²) in [6.07, 6.45) is 2.62. The maximum absolute atomic E-state index is 13.6. The quantitative estimate of drug-likeness (QED) is 0.928. The van der Waals surface area contributed by atoms with Crippen molar-refractivity contribution in [3.05, 3.63) is 29.8 Å². The number of halogens is 2. The van der Waals surface area contributed by atoms with Crippen molar-refractivity contribution in [2.75, 3.05) is 7.05 Å². The Morgan fingerprint density at radius 3 is 2.68 bits per heavy atom. The molecule has 3 nitrogen and oxygen atoms in total. The number of hydrogen-bond donors (Lipinski definition) is 1. The monoisotopic (exact) mass is 289 g/mol. The average molecular weight is 289 g/mol. The molecule has 0 saturated heterocycles. The summed E-state index contributed by atoms with van der Waals surface area (Å²) < 4.78 is 51.6. The van der Waals surface area contributed by atoms with Crippen LogP contribution in [0.3, 0.4) is 0 Å². The highest BCUT2D eigenvalue weighted by molar-refractivity contribution is 7.92. The van der Waals surface area contributed by atoms with Crippen molar-refractivity contribution < 1.29 is 17.2 Å². The van der Waals surface area contributed by atoms with Gasteiger partial charge in [0.1, 0.15) is 16.5 Å². The summed E-state index contributed by atoms with van der Waals surface area (Å²) in [6, 6.07) is 2.67. The Balaban J connectivity index is 2.34. The minimum absolute atomic E-state index is 0.116. The van der Waals surface area contributed by atoms with Crippen molar-refractivity contribution in [1.29, 1.82) is 0 Å². The van der Waals surface area contributed by atoms with Crippen LogP contribution in [-0.2, 0) is 9.84 Å². The van der Waals surface area contributed by atoms with Gasteiger partial charge in [0, 0.05) is 6.04 Å². The highest BCUT2D eigenvalue weighted by atomic mass is 32.2. The predicted molar refractivity (Wildman–Crippen MR) is 68.6 cm³/mol. The third kappa shape index (κ3) is 2.95. The minimum atomic E-state index is -3.81. The number of hydrogen-bond acceptors (Lipinski definition) is 3. The Hall–Kier alpha value is -1.01. The molecule has 0 amide bonds. The molecule has 1 N–H and O–H groups in total. The summed E-state index contributed by atoms with van der Waals surface area (Å²) in [5.74, 6) is -1.62. The number of sulfone groups is 1. The normalized spacial score (nSPS) is 24.4. The maximum atomic E-state index is 13.6. The van der Waals surface area contributed by atoms with Crippen LogP contribution in [0.1, 0.15) is 25.7 Å². The van der Waals surface area contributed by atoms with Crippen LogP contribution in [0.2, 0.25) is 0 Å². The Bertz CT molecular complexity index is 560. The Morgan fingerprint density at radius 2 is 2.00 bits per heavy atom. The summed E-state index contributed by atoms with van der Waals surface area (Å²) in [5, 5.41) is 2.41. The van der Waals surface area contributed by atoms with Crippen LogP contribution in [0, 0.1) is 11.6 Å². The van der Waals surface area contributed by atoms with Gasteiger partial charge in [-0.25, -0.2) is 17.2 Å². The molecule has 0 radical (unpaired) electrons. The summed E-state index contributed by atoms with van der Waals surface area (Å²) >= 11 is 0. The van der Waals surface area contributed by atoms with Gasteiger partial charge >= 0.3 is 0 Å². The molecule has 1 saturated carbocycles. The van der Waals surface area contributed by atoms with E-state index in [0.29, 0.717) is 12.8 Å². The zero-order valence-electron chi connectivity index (χ0n) is 10.7. The van der Waals surface area contributed by atoms with E-state index in [1.54, 1.807) is 7.05 Å². The molecule has 0 bridgehead atoms. The van der Waals surface area contributed by atoms with Crippen LogP contribution in [0.25, 0.3) is 0 Å². The molecule has 0 heterocycles. The van der Waals surface area contributed by atoms with E-state index < -0.39 is 31.6 Å². The van der Waals surface area contributed by atoms with Gasteiger partial charge in [-0.2, -0.15) is 0 Å². The van der Waals surface area contributed by atoms with Gasteiger partial charge in [-0.05, 0) is 44.5 Å². The van der Waals surface area contributed by atoms with E-state index >= 15 is 0 Å². The van der Waals surface area contributed by atoms with Gasteiger partial charge in [0.25, 0.3) is 0 Å². The van der Waals surface area contributed by atoms with Crippen molar-refractivity contribution in [1.82, 2.24) is 5.32 Å². The van der Waals surface area contributed by atoms with Gasteiger partial charge in [-0.1, -0.05) is 6.42 Å². The molecule has 1 aromatic rings. The summed E-state index contributed by atoms with van der Waals surface area (Å²) in [7, 11) is -2.03. The highest BCUT2D eigenvalue weighted by Crippen LogP contribution is 2.30. The molecule has 1 aromatic carbocycles. The Labute approximate surface area is 111 Å². The highest BCUT2D eigenvalue weighted by Gasteiger charge is 2.34. The molecule has 1 fully saturated rings. The molecule has 0 aliphatic heterocycles. The van der Waals surface area contributed by atoms with Crippen molar-refractivity contribution in [3.63, 3.8) is 0 Å². The largest absolute Gasteiger partial charge is 0.317 e. The second-order valence-corrected chi connectivity index (χ2v) is 7.09. The molecular formula is C13H17F2NO2S. The standard InChI is InChI=1S/C13H17F2NO2S/c1-16-10-3-2-4-11(8-10)19(17,18)13-7-9(14)5-6-12(13)15/h5-7,10-11,16H,2-4,8H2,1H3. The van der Waals surface area contributed by atoms with Gasteiger partial charge < -0.3 is 5.32 Å². The zero-order chi connectivity index (χ0) is 14.0. The molecule has 0 aromatic heterocycles. The molecular weight excluding hydrogens is 272 g/mol. The molecule has 2 unspecified atom stereocenters. The van der Waals surface area contributed by atoms with Crippen molar-refractivity contribution >= 4 is 9.84 Å². The Kier molecular flexibility index (Phi) is 4.20. The molecule has 1 aliphatic carbocycles. The van der Waals surface area contributed by atoms with Gasteiger partial charge in [0.05, 0.1) is 5.25 Å². The van der Waals surface area contributed by atoms with E-state index in [4.69, 9.17) is 0 Å². The summed E-state index contributed by atoms with van der Waals surface area (Å²) in [5.41, 5.74) is 0. The average Bonchev–Trinajstić information content (AvgIpc) is 2.41. The predicted octanol–water partition coefficient (Wildman–Crippen LogP) is 2.27. The van der Waals surface area contributed by atoms with E-state index in [1.807, 2.05) is 0 Å². The fourth-order valence-electron chi connectivity index (χ4n) is 2.56. The molecule has 2 atom stereocenters. The molecule has 19 heavy (non-hydrogen) atoms. The topological polar surface area (TPSA) is 46.2 Å². The number of rotatable bonds is 3. The molecule has 1 aliphatic rings. The molecule has 106 valence electrons. The van der Waals surface area contributed by atoms with Crippen molar-refractivity contribution in [2.24, 2.45) is 0 Å². The van der Waals surface area contributed by atoms with E-state index in [1.165, 1.54) is 0 Å². The SMILES string of the molecule is CNC1CCCC(S(=O)(=O)c2cc(F)ccc2F)C1. The van der Waals surface area contributed by atoms with E-state index in [0.717, 1.165) is 31.0 Å². The van der Waals surface area contributed by atoms with Crippen molar-refractivity contribution in [2.45, 2.75) is 41.9 Å². The number of nitrogens with one attached hydrogen (secondary N) is 1. The smallest absolute Gasteiger partial charge is 0.184 e. The Morgan fingerprint density at radius 1 is 1.26 bits per heavy atom. The van der Waals surface area contributed by atoms with Crippen LogP contribution >= 0.6 is 0 Å². The lowest BCUT2D eigenvalue weighted by atomic mass is 9.95. The minimum Gasteiger partial charge on any atom is -0.317 e. The van der Waals surface area contributed by atoms with Gasteiger partial charge in [0.2, 0.25) is 0 Å². The van der Waals surface area contributed by atoms with Crippen LogP contribution in [0.4, 0.5) is 8.78 Å².